The quantitative estimate of drug-likeness (QED) is 0.712. The topological polar surface area (TPSA) is 83.8 Å². The van der Waals surface area contributed by atoms with Gasteiger partial charge in [-0.2, -0.15) is 0 Å². The Kier molecular flexibility index (Phi) is 5.34. The number of carbonyl (C=O) groups excluding carboxylic acids is 1. The van der Waals surface area contributed by atoms with Gasteiger partial charge in [-0.25, -0.2) is 4.98 Å². The fraction of sp³-hybridized carbons (Fsp3) is 0.692. The molecule has 1 aromatic heterocycles. The zero-order valence-electron chi connectivity index (χ0n) is 11.5. The highest BCUT2D eigenvalue weighted by molar-refractivity contribution is 5.76. The van der Waals surface area contributed by atoms with Gasteiger partial charge in [0.05, 0.1) is 0 Å². The van der Waals surface area contributed by atoms with Crippen molar-refractivity contribution >= 4 is 5.91 Å². The van der Waals surface area contributed by atoms with Gasteiger partial charge in [0.15, 0.2) is 0 Å². The summed E-state index contributed by atoms with van der Waals surface area (Å²) in [5, 5.41) is 2.86. The van der Waals surface area contributed by atoms with Crippen LogP contribution in [0, 0.1) is 5.41 Å². The summed E-state index contributed by atoms with van der Waals surface area (Å²) in [7, 11) is 0. The summed E-state index contributed by atoms with van der Waals surface area (Å²) in [5.74, 6) is 0.896. The number of nitrogens with zero attached hydrogens (tertiary/aromatic N) is 1. The molecule has 0 radical (unpaired) electrons. The number of H-pyrrole nitrogens is 1. The van der Waals surface area contributed by atoms with Crippen LogP contribution >= 0.6 is 0 Å². The highest BCUT2D eigenvalue weighted by Crippen LogP contribution is 2.20. The minimum Gasteiger partial charge on any atom is -0.356 e. The standard InChI is InChI=1S/C13H24N4O/c1-13(2,3)9-10(14)8-12(18)17-5-4-11-15-6-7-16-11/h6-7,10H,4-5,8-9,14H2,1-3H3,(H,15,16)(H,17,18). The molecule has 0 bridgehead atoms. The molecule has 0 saturated heterocycles. The molecule has 0 aliphatic heterocycles. The Bertz CT molecular complexity index is 354. The first-order chi connectivity index (χ1) is 8.37. The summed E-state index contributed by atoms with van der Waals surface area (Å²) in [5.41, 5.74) is 6.11. The third kappa shape index (κ3) is 6.39. The van der Waals surface area contributed by atoms with E-state index < -0.39 is 0 Å². The van der Waals surface area contributed by atoms with Crippen molar-refractivity contribution in [1.82, 2.24) is 15.3 Å². The molecule has 0 aliphatic rings. The summed E-state index contributed by atoms with van der Waals surface area (Å²) in [6, 6.07) is -0.0754. The van der Waals surface area contributed by atoms with E-state index in [-0.39, 0.29) is 17.4 Å². The van der Waals surface area contributed by atoms with Gasteiger partial charge in [0, 0.05) is 37.8 Å². The van der Waals surface area contributed by atoms with Crippen molar-refractivity contribution in [3.8, 4) is 0 Å². The predicted molar refractivity (Wildman–Crippen MR) is 72.0 cm³/mol. The summed E-state index contributed by atoms with van der Waals surface area (Å²) >= 11 is 0. The maximum atomic E-state index is 11.6. The van der Waals surface area contributed by atoms with Gasteiger partial charge in [-0.3, -0.25) is 4.79 Å². The summed E-state index contributed by atoms with van der Waals surface area (Å²) in [4.78, 5) is 18.7. The number of hydrogen-bond donors (Lipinski definition) is 3. The van der Waals surface area contributed by atoms with Crippen molar-refractivity contribution in [3.63, 3.8) is 0 Å². The molecule has 1 rings (SSSR count). The highest BCUT2D eigenvalue weighted by atomic mass is 16.1. The molecule has 1 amide bonds. The predicted octanol–water partition coefficient (Wildman–Crippen LogP) is 1.22. The average Bonchev–Trinajstić information content (AvgIpc) is 2.66. The van der Waals surface area contributed by atoms with Gasteiger partial charge in [-0.05, 0) is 11.8 Å². The molecule has 0 aliphatic carbocycles. The molecule has 1 unspecified atom stereocenters. The number of carbonyl (C=O) groups is 1. The molecule has 18 heavy (non-hydrogen) atoms. The lowest BCUT2D eigenvalue weighted by molar-refractivity contribution is -0.121. The minimum absolute atomic E-state index is 0.0123. The molecule has 5 nitrogen and oxygen atoms in total. The highest BCUT2D eigenvalue weighted by Gasteiger charge is 2.17. The molecule has 0 spiro atoms. The lowest BCUT2D eigenvalue weighted by Crippen LogP contribution is -2.35. The van der Waals surface area contributed by atoms with Crippen LogP contribution in [-0.2, 0) is 11.2 Å². The average molecular weight is 252 g/mol. The SMILES string of the molecule is CC(C)(C)CC(N)CC(=O)NCCc1ncc[nH]1. The molecule has 0 aromatic carbocycles. The van der Waals surface area contributed by atoms with Crippen LogP contribution in [0.2, 0.25) is 0 Å². The number of hydrogen-bond acceptors (Lipinski definition) is 3. The normalized spacial score (nSPS) is 13.3. The minimum atomic E-state index is -0.0754. The Labute approximate surface area is 109 Å². The van der Waals surface area contributed by atoms with E-state index in [2.05, 4.69) is 36.1 Å². The Morgan fingerprint density at radius 3 is 2.83 bits per heavy atom. The second kappa shape index (κ2) is 6.54. The molecule has 5 heteroatoms. The molecular formula is C13H24N4O. The van der Waals surface area contributed by atoms with Gasteiger partial charge in [0.1, 0.15) is 5.82 Å². The maximum Gasteiger partial charge on any atom is 0.221 e. The van der Waals surface area contributed by atoms with Crippen LogP contribution in [0.3, 0.4) is 0 Å². The number of amides is 1. The monoisotopic (exact) mass is 252 g/mol. The number of aromatic amines is 1. The second-order valence-corrected chi connectivity index (χ2v) is 5.86. The maximum absolute atomic E-state index is 11.6. The molecular weight excluding hydrogens is 228 g/mol. The van der Waals surface area contributed by atoms with Gasteiger partial charge in [-0.1, -0.05) is 20.8 Å². The molecule has 4 N–H and O–H groups in total. The van der Waals surface area contributed by atoms with Crippen LogP contribution in [0.5, 0.6) is 0 Å². The smallest absolute Gasteiger partial charge is 0.221 e. The van der Waals surface area contributed by atoms with Crippen LogP contribution in [0.4, 0.5) is 0 Å². The third-order valence-electron chi connectivity index (χ3n) is 2.56. The van der Waals surface area contributed by atoms with Gasteiger partial charge < -0.3 is 16.0 Å². The van der Waals surface area contributed by atoms with Crippen molar-refractivity contribution < 1.29 is 4.79 Å². The third-order valence-corrected chi connectivity index (χ3v) is 2.56. The van der Waals surface area contributed by atoms with Gasteiger partial charge in [-0.15, -0.1) is 0 Å². The molecule has 1 aromatic rings. The number of imidazole rings is 1. The van der Waals surface area contributed by atoms with Crippen molar-refractivity contribution in [2.75, 3.05) is 6.54 Å². The molecule has 1 atom stereocenters. The van der Waals surface area contributed by atoms with Crippen molar-refractivity contribution in [2.24, 2.45) is 11.1 Å². The number of nitrogens with two attached hydrogens (primary N) is 1. The molecule has 1 heterocycles. The first kappa shape index (κ1) is 14.7. The lowest BCUT2D eigenvalue weighted by Gasteiger charge is -2.22. The summed E-state index contributed by atoms with van der Waals surface area (Å²) < 4.78 is 0. The molecule has 0 fully saturated rings. The van der Waals surface area contributed by atoms with Gasteiger partial charge in [0.2, 0.25) is 5.91 Å². The van der Waals surface area contributed by atoms with Gasteiger partial charge >= 0.3 is 0 Å². The van der Waals surface area contributed by atoms with Crippen LogP contribution in [0.25, 0.3) is 0 Å². The Balaban J connectivity index is 2.17. The Morgan fingerprint density at radius 2 is 2.28 bits per heavy atom. The first-order valence-electron chi connectivity index (χ1n) is 6.37. The van der Waals surface area contributed by atoms with Crippen molar-refractivity contribution in [2.45, 2.75) is 46.1 Å². The van der Waals surface area contributed by atoms with E-state index in [1.807, 2.05) is 0 Å². The molecule has 0 saturated carbocycles. The van der Waals surface area contributed by atoms with E-state index in [1.165, 1.54) is 0 Å². The largest absolute Gasteiger partial charge is 0.356 e. The van der Waals surface area contributed by atoms with Crippen molar-refractivity contribution in [1.29, 1.82) is 0 Å². The van der Waals surface area contributed by atoms with Crippen molar-refractivity contribution in [3.05, 3.63) is 18.2 Å². The fourth-order valence-electron chi connectivity index (χ4n) is 1.92. The van der Waals surface area contributed by atoms with Crippen LogP contribution in [-0.4, -0.2) is 28.5 Å². The van der Waals surface area contributed by atoms with Crippen LogP contribution < -0.4 is 11.1 Å². The summed E-state index contributed by atoms with van der Waals surface area (Å²) in [6.07, 6.45) is 5.42. The fourth-order valence-corrected chi connectivity index (χ4v) is 1.92. The Hall–Kier alpha value is -1.36. The number of aromatic nitrogens is 2. The van der Waals surface area contributed by atoms with E-state index in [1.54, 1.807) is 12.4 Å². The number of rotatable bonds is 6. The van der Waals surface area contributed by atoms with E-state index in [0.717, 1.165) is 12.2 Å². The molecule has 102 valence electrons. The van der Waals surface area contributed by atoms with Gasteiger partial charge in [0.25, 0.3) is 0 Å². The second-order valence-electron chi connectivity index (χ2n) is 5.86. The lowest BCUT2D eigenvalue weighted by atomic mass is 9.87. The van der Waals surface area contributed by atoms with Crippen LogP contribution in [0.1, 0.15) is 39.4 Å². The van der Waals surface area contributed by atoms with E-state index >= 15 is 0 Å². The van der Waals surface area contributed by atoms with Crippen LogP contribution in [0.15, 0.2) is 12.4 Å². The Morgan fingerprint density at radius 1 is 1.56 bits per heavy atom. The van der Waals surface area contributed by atoms with E-state index in [4.69, 9.17) is 5.73 Å². The van der Waals surface area contributed by atoms with E-state index in [0.29, 0.717) is 19.4 Å². The summed E-state index contributed by atoms with van der Waals surface area (Å²) in [6.45, 7) is 6.97. The zero-order chi connectivity index (χ0) is 13.6. The number of nitrogens with one attached hydrogen (secondary N) is 2. The zero-order valence-corrected chi connectivity index (χ0v) is 11.5. The van der Waals surface area contributed by atoms with E-state index in [9.17, 15) is 4.79 Å². The first-order valence-corrected chi connectivity index (χ1v) is 6.37.